The Kier molecular flexibility index (Phi) is 4.99. The van der Waals surface area contributed by atoms with Gasteiger partial charge in [-0.2, -0.15) is 0 Å². The Balaban J connectivity index is 1.50. The fraction of sp³-hybridized carbons (Fsp3) is 0.368. The van der Waals surface area contributed by atoms with Crippen LogP contribution in [0.4, 0.5) is 0 Å². The molecule has 1 unspecified atom stereocenters. The van der Waals surface area contributed by atoms with Gasteiger partial charge in [-0.05, 0) is 48.1 Å². The Hall–Kier alpha value is -1.50. The van der Waals surface area contributed by atoms with Crippen molar-refractivity contribution in [3.63, 3.8) is 0 Å². The molecule has 0 saturated heterocycles. The van der Waals surface area contributed by atoms with E-state index in [2.05, 4.69) is 23.4 Å². The molecular formula is C19H20ClN3OS2. The number of rotatable bonds is 4. The second-order valence-corrected chi connectivity index (χ2v) is 8.82. The number of benzene rings is 1. The zero-order valence-corrected chi connectivity index (χ0v) is 17.1. The van der Waals surface area contributed by atoms with Crippen LogP contribution in [0, 0.1) is 0 Å². The zero-order valence-electron chi connectivity index (χ0n) is 14.7. The van der Waals surface area contributed by atoms with Gasteiger partial charge in [-0.15, -0.1) is 11.3 Å². The zero-order chi connectivity index (χ0) is 18.3. The van der Waals surface area contributed by atoms with Gasteiger partial charge in [0.15, 0.2) is 5.16 Å². The Labute approximate surface area is 166 Å². The number of amides is 1. The minimum Gasteiger partial charge on any atom is -0.335 e. The molecule has 26 heavy (non-hydrogen) atoms. The standard InChI is InChI=1S/C19H20ClN3OS2/c1-3-15-13-7-9-25-17(13)6-8-23(15)18(24)11-26-19-21-14-10-12(20)4-5-16(14)22(19)2/h4-5,7,9-10,15H,3,6,8,11H2,1-2H3. The first kappa shape index (κ1) is 17.9. The van der Waals surface area contributed by atoms with Crippen LogP contribution in [0.3, 0.4) is 0 Å². The summed E-state index contributed by atoms with van der Waals surface area (Å²) >= 11 is 9.36. The van der Waals surface area contributed by atoms with E-state index in [9.17, 15) is 4.79 Å². The number of thiophene rings is 1. The van der Waals surface area contributed by atoms with Crippen LogP contribution in [0.25, 0.3) is 11.0 Å². The van der Waals surface area contributed by atoms with Crippen molar-refractivity contribution < 1.29 is 4.79 Å². The van der Waals surface area contributed by atoms with E-state index >= 15 is 0 Å². The summed E-state index contributed by atoms with van der Waals surface area (Å²) in [5.74, 6) is 0.588. The van der Waals surface area contributed by atoms with Crippen LogP contribution in [0.5, 0.6) is 0 Å². The van der Waals surface area contributed by atoms with Gasteiger partial charge < -0.3 is 9.47 Å². The van der Waals surface area contributed by atoms with Crippen LogP contribution in [-0.4, -0.2) is 32.7 Å². The molecule has 0 radical (unpaired) electrons. The molecule has 7 heteroatoms. The lowest BCUT2D eigenvalue weighted by Crippen LogP contribution is -2.40. The fourth-order valence-corrected chi connectivity index (χ4v) is 5.59. The minimum absolute atomic E-state index is 0.184. The number of nitrogens with zero attached hydrogens (tertiary/aromatic N) is 3. The van der Waals surface area contributed by atoms with Crippen molar-refractivity contribution in [2.45, 2.75) is 31.0 Å². The van der Waals surface area contributed by atoms with Crippen LogP contribution in [-0.2, 0) is 18.3 Å². The molecule has 4 rings (SSSR count). The quantitative estimate of drug-likeness (QED) is 0.578. The number of hydrogen-bond acceptors (Lipinski definition) is 4. The van der Waals surface area contributed by atoms with Crippen molar-refractivity contribution in [3.8, 4) is 0 Å². The second-order valence-electron chi connectivity index (χ2n) is 6.44. The summed E-state index contributed by atoms with van der Waals surface area (Å²) in [6, 6.07) is 8.07. The van der Waals surface area contributed by atoms with E-state index < -0.39 is 0 Å². The molecule has 1 aliphatic heterocycles. The molecule has 3 heterocycles. The Bertz CT molecular complexity index is 965. The number of fused-ring (bicyclic) bond motifs is 2. The first-order chi connectivity index (χ1) is 12.6. The molecule has 0 saturated carbocycles. The lowest BCUT2D eigenvalue weighted by atomic mass is 9.98. The number of thioether (sulfide) groups is 1. The highest BCUT2D eigenvalue weighted by Crippen LogP contribution is 2.36. The molecule has 2 aromatic heterocycles. The van der Waals surface area contributed by atoms with Crippen LogP contribution >= 0.6 is 34.7 Å². The largest absolute Gasteiger partial charge is 0.335 e. The molecule has 3 aromatic rings. The van der Waals surface area contributed by atoms with E-state index in [0.717, 1.165) is 35.6 Å². The number of hydrogen-bond donors (Lipinski definition) is 0. The molecule has 0 aliphatic carbocycles. The van der Waals surface area contributed by atoms with Crippen LogP contribution in [0.2, 0.25) is 5.02 Å². The molecule has 0 spiro atoms. The van der Waals surface area contributed by atoms with E-state index in [-0.39, 0.29) is 11.9 Å². The Morgan fingerprint density at radius 3 is 3.08 bits per heavy atom. The Morgan fingerprint density at radius 2 is 2.27 bits per heavy atom. The highest BCUT2D eigenvalue weighted by Gasteiger charge is 2.30. The van der Waals surface area contributed by atoms with Crippen molar-refractivity contribution in [2.75, 3.05) is 12.3 Å². The van der Waals surface area contributed by atoms with Crippen molar-refractivity contribution in [1.29, 1.82) is 0 Å². The number of aromatic nitrogens is 2. The minimum atomic E-state index is 0.184. The smallest absolute Gasteiger partial charge is 0.233 e. The lowest BCUT2D eigenvalue weighted by Gasteiger charge is -2.35. The molecule has 1 aliphatic rings. The average Bonchev–Trinajstić information content (AvgIpc) is 3.23. The molecule has 1 amide bonds. The van der Waals surface area contributed by atoms with E-state index in [1.54, 1.807) is 11.3 Å². The number of carbonyl (C=O) groups excluding carboxylic acids is 1. The van der Waals surface area contributed by atoms with Gasteiger partial charge >= 0.3 is 0 Å². The third-order valence-corrected chi connectivity index (χ3v) is 7.17. The SMILES string of the molecule is CCC1c2ccsc2CCN1C(=O)CSc1nc2cc(Cl)ccc2n1C. The van der Waals surface area contributed by atoms with Gasteiger partial charge in [0.25, 0.3) is 0 Å². The van der Waals surface area contributed by atoms with Crippen molar-refractivity contribution in [3.05, 3.63) is 45.1 Å². The van der Waals surface area contributed by atoms with Gasteiger partial charge in [0.1, 0.15) is 0 Å². The van der Waals surface area contributed by atoms with Gasteiger partial charge in [-0.1, -0.05) is 30.3 Å². The van der Waals surface area contributed by atoms with E-state index in [1.807, 2.05) is 34.7 Å². The summed E-state index contributed by atoms with van der Waals surface area (Å²) in [6.45, 7) is 2.96. The second kappa shape index (κ2) is 7.25. The molecule has 1 atom stereocenters. The van der Waals surface area contributed by atoms with Gasteiger partial charge in [0.05, 0.1) is 22.8 Å². The summed E-state index contributed by atoms with van der Waals surface area (Å²) in [7, 11) is 1.98. The summed E-state index contributed by atoms with van der Waals surface area (Å²) in [6.07, 6.45) is 1.91. The van der Waals surface area contributed by atoms with E-state index in [0.29, 0.717) is 10.8 Å². The first-order valence-corrected chi connectivity index (χ1v) is 10.9. The third kappa shape index (κ3) is 3.15. The normalized spacial score (nSPS) is 16.9. The summed E-state index contributed by atoms with van der Waals surface area (Å²) < 4.78 is 2.02. The van der Waals surface area contributed by atoms with Crippen LogP contribution < -0.4 is 0 Å². The first-order valence-electron chi connectivity index (χ1n) is 8.69. The fourth-order valence-electron chi connectivity index (χ4n) is 3.62. The average molecular weight is 406 g/mol. The topological polar surface area (TPSA) is 38.1 Å². The predicted molar refractivity (Wildman–Crippen MR) is 109 cm³/mol. The maximum atomic E-state index is 12.9. The van der Waals surface area contributed by atoms with Gasteiger partial charge in [-0.3, -0.25) is 4.79 Å². The van der Waals surface area contributed by atoms with Crippen molar-refractivity contribution >= 4 is 51.6 Å². The molecular weight excluding hydrogens is 386 g/mol. The maximum absolute atomic E-state index is 12.9. The predicted octanol–water partition coefficient (Wildman–Crippen LogP) is 4.92. The lowest BCUT2D eigenvalue weighted by molar-refractivity contribution is -0.131. The highest BCUT2D eigenvalue weighted by molar-refractivity contribution is 7.99. The van der Waals surface area contributed by atoms with Crippen LogP contribution in [0.15, 0.2) is 34.8 Å². The highest BCUT2D eigenvalue weighted by atomic mass is 35.5. The molecule has 136 valence electrons. The third-order valence-electron chi connectivity index (χ3n) is 4.93. The van der Waals surface area contributed by atoms with E-state index in [1.165, 1.54) is 22.2 Å². The van der Waals surface area contributed by atoms with E-state index in [4.69, 9.17) is 11.6 Å². The Morgan fingerprint density at radius 1 is 1.42 bits per heavy atom. The molecule has 4 nitrogen and oxygen atoms in total. The number of imidazole rings is 1. The van der Waals surface area contributed by atoms with Crippen molar-refractivity contribution in [2.24, 2.45) is 7.05 Å². The molecule has 0 N–H and O–H groups in total. The number of halogens is 1. The summed E-state index contributed by atoms with van der Waals surface area (Å²) in [5, 5.41) is 3.66. The van der Waals surface area contributed by atoms with Crippen molar-refractivity contribution in [1.82, 2.24) is 14.5 Å². The number of aryl methyl sites for hydroxylation is 1. The summed E-state index contributed by atoms with van der Waals surface area (Å²) in [5.41, 5.74) is 3.22. The van der Waals surface area contributed by atoms with Crippen LogP contribution in [0.1, 0.15) is 29.8 Å². The van der Waals surface area contributed by atoms with Gasteiger partial charge in [0, 0.05) is 23.5 Å². The molecule has 0 bridgehead atoms. The van der Waals surface area contributed by atoms with Gasteiger partial charge in [-0.25, -0.2) is 4.98 Å². The summed E-state index contributed by atoms with van der Waals surface area (Å²) in [4.78, 5) is 21.0. The molecule has 1 aromatic carbocycles. The van der Waals surface area contributed by atoms with Gasteiger partial charge in [0.2, 0.25) is 5.91 Å². The number of carbonyl (C=O) groups is 1. The monoisotopic (exact) mass is 405 g/mol. The molecule has 0 fully saturated rings. The maximum Gasteiger partial charge on any atom is 0.233 e.